The average molecular weight is 392 g/mol. The first-order valence-electron chi connectivity index (χ1n) is 7.87. The van der Waals surface area contributed by atoms with E-state index in [4.69, 9.17) is 9.47 Å². The van der Waals surface area contributed by atoms with Crippen molar-refractivity contribution in [3.8, 4) is 28.7 Å². The molecule has 3 rings (SSSR count). The Morgan fingerprint density at radius 2 is 1.75 bits per heavy atom. The molecular formula is C18H16O10. The SMILES string of the molecule is CO[C@]1(c2ccc(O)c(O)c2)Oc2cc(O)cc(O)c2C(=O)[C@]1(O)CC(=O)O. The predicted molar refractivity (Wildman–Crippen MR) is 90.4 cm³/mol. The Hall–Kier alpha value is -3.50. The van der Waals surface area contributed by atoms with Crippen LogP contribution in [0.4, 0.5) is 0 Å². The van der Waals surface area contributed by atoms with Crippen LogP contribution < -0.4 is 4.74 Å². The van der Waals surface area contributed by atoms with Gasteiger partial charge in [0.2, 0.25) is 11.4 Å². The van der Waals surface area contributed by atoms with Gasteiger partial charge in [-0.3, -0.25) is 9.59 Å². The number of hydrogen-bond acceptors (Lipinski definition) is 9. The molecule has 0 fully saturated rings. The Bertz CT molecular complexity index is 985. The van der Waals surface area contributed by atoms with Crippen molar-refractivity contribution in [2.45, 2.75) is 17.8 Å². The quantitative estimate of drug-likeness (QED) is 0.408. The van der Waals surface area contributed by atoms with Crippen LogP contribution >= 0.6 is 0 Å². The average Bonchev–Trinajstić information content (AvgIpc) is 2.59. The van der Waals surface area contributed by atoms with E-state index in [1.807, 2.05) is 0 Å². The minimum atomic E-state index is -2.88. The summed E-state index contributed by atoms with van der Waals surface area (Å²) in [6.07, 6.45) is -1.18. The Morgan fingerprint density at radius 3 is 2.32 bits per heavy atom. The van der Waals surface area contributed by atoms with Gasteiger partial charge in [-0.1, -0.05) is 0 Å². The number of fused-ring (bicyclic) bond motifs is 1. The van der Waals surface area contributed by atoms with Gasteiger partial charge in [0.05, 0.1) is 6.42 Å². The minimum Gasteiger partial charge on any atom is -0.508 e. The molecule has 0 bridgehead atoms. The summed E-state index contributed by atoms with van der Waals surface area (Å²) in [6, 6.07) is 4.89. The zero-order chi connectivity index (χ0) is 20.9. The van der Waals surface area contributed by atoms with E-state index < -0.39 is 58.1 Å². The summed E-state index contributed by atoms with van der Waals surface area (Å²) in [5, 5.41) is 59.5. The van der Waals surface area contributed by atoms with Crippen molar-refractivity contribution in [1.82, 2.24) is 0 Å². The fourth-order valence-corrected chi connectivity index (χ4v) is 3.26. The van der Waals surface area contributed by atoms with Crippen molar-refractivity contribution >= 4 is 11.8 Å². The number of phenols is 4. The maximum Gasteiger partial charge on any atom is 0.307 e. The van der Waals surface area contributed by atoms with E-state index in [1.54, 1.807) is 0 Å². The van der Waals surface area contributed by atoms with Gasteiger partial charge >= 0.3 is 5.97 Å². The van der Waals surface area contributed by atoms with Crippen molar-refractivity contribution in [2.75, 3.05) is 7.11 Å². The van der Waals surface area contributed by atoms with Crippen LogP contribution in [0, 0.1) is 0 Å². The maximum absolute atomic E-state index is 13.1. The summed E-state index contributed by atoms with van der Waals surface area (Å²) in [6.45, 7) is 0. The molecule has 10 nitrogen and oxygen atoms in total. The number of carboxylic acids is 1. The number of Topliss-reactive ketones (excluding diaryl/α,β-unsaturated/α-hetero) is 1. The molecule has 1 aliphatic heterocycles. The van der Waals surface area contributed by atoms with Crippen LogP contribution in [-0.2, 0) is 15.3 Å². The van der Waals surface area contributed by atoms with Crippen LogP contribution in [0.2, 0.25) is 0 Å². The summed E-state index contributed by atoms with van der Waals surface area (Å²) in [5.41, 5.74) is -3.62. The summed E-state index contributed by atoms with van der Waals surface area (Å²) < 4.78 is 10.9. The van der Waals surface area contributed by atoms with Gasteiger partial charge in [0.1, 0.15) is 22.8 Å². The molecule has 0 aliphatic carbocycles. The van der Waals surface area contributed by atoms with Crippen LogP contribution in [0.3, 0.4) is 0 Å². The molecule has 2 atom stereocenters. The molecule has 6 N–H and O–H groups in total. The lowest BCUT2D eigenvalue weighted by molar-refractivity contribution is -0.268. The van der Waals surface area contributed by atoms with Crippen molar-refractivity contribution in [3.63, 3.8) is 0 Å². The second-order valence-electron chi connectivity index (χ2n) is 6.22. The van der Waals surface area contributed by atoms with Crippen molar-refractivity contribution in [3.05, 3.63) is 41.5 Å². The van der Waals surface area contributed by atoms with E-state index in [0.717, 1.165) is 37.4 Å². The van der Waals surface area contributed by atoms with Crippen LogP contribution in [0.5, 0.6) is 28.7 Å². The van der Waals surface area contributed by atoms with Crippen molar-refractivity contribution < 1.29 is 49.7 Å². The van der Waals surface area contributed by atoms with Crippen LogP contribution in [0.25, 0.3) is 0 Å². The standard InChI is InChI=1S/C18H16O10/c1-27-18(8-2-3-10(20)11(21)4-8)17(26,7-14(23)24)16(25)15-12(22)5-9(19)6-13(15)28-18/h2-6,19-22,26H,7H2,1H3,(H,23,24)/t17-,18-/m1/s1. The molecular weight excluding hydrogens is 376 g/mol. The number of benzene rings is 2. The first kappa shape index (κ1) is 19.3. The van der Waals surface area contributed by atoms with E-state index >= 15 is 0 Å². The molecule has 1 heterocycles. The molecule has 10 heteroatoms. The Morgan fingerprint density at radius 1 is 1.07 bits per heavy atom. The van der Waals surface area contributed by atoms with Gasteiger partial charge in [0.15, 0.2) is 11.5 Å². The summed E-state index contributed by atoms with van der Waals surface area (Å²) in [5.74, 6) is -8.04. The van der Waals surface area contributed by atoms with Crippen LogP contribution in [0.1, 0.15) is 22.3 Å². The summed E-state index contributed by atoms with van der Waals surface area (Å²) in [7, 11) is 1.03. The number of aromatic hydroxyl groups is 4. The smallest absolute Gasteiger partial charge is 0.307 e. The van der Waals surface area contributed by atoms with Gasteiger partial charge in [-0.05, 0) is 18.2 Å². The second kappa shape index (κ2) is 6.29. The zero-order valence-electron chi connectivity index (χ0n) is 14.4. The minimum absolute atomic E-state index is 0.198. The van der Waals surface area contributed by atoms with Gasteiger partial charge in [-0.25, -0.2) is 0 Å². The molecule has 2 aromatic rings. The highest BCUT2D eigenvalue weighted by Crippen LogP contribution is 2.51. The molecule has 0 amide bonds. The van der Waals surface area contributed by atoms with Gasteiger partial charge in [-0.2, -0.15) is 0 Å². The summed E-state index contributed by atoms with van der Waals surface area (Å²) >= 11 is 0. The molecule has 0 unspecified atom stereocenters. The third kappa shape index (κ3) is 2.58. The largest absolute Gasteiger partial charge is 0.508 e. The van der Waals surface area contributed by atoms with Gasteiger partial charge in [-0.15, -0.1) is 0 Å². The third-order valence-corrected chi connectivity index (χ3v) is 4.52. The number of carbonyl (C=O) groups is 2. The number of hydrogen-bond donors (Lipinski definition) is 6. The lowest BCUT2D eigenvalue weighted by atomic mass is 9.76. The van der Waals surface area contributed by atoms with Crippen molar-refractivity contribution in [2.24, 2.45) is 0 Å². The van der Waals surface area contributed by atoms with Crippen LogP contribution in [-0.4, -0.2) is 55.1 Å². The first-order chi connectivity index (χ1) is 13.1. The number of methoxy groups -OCH3 is 1. The fourth-order valence-electron chi connectivity index (χ4n) is 3.26. The van der Waals surface area contributed by atoms with Gasteiger partial charge in [0.25, 0.3) is 5.79 Å². The van der Waals surface area contributed by atoms with Crippen molar-refractivity contribution in [1.29, 1.82) is 0 Å². The van der Waals surface area contributed by atoms with E-state index in [0.29, 0.717) is 0 Å². The predicted octanol–water partition coefficient (Wildman–Crippen LogP) is 0.789. The first-order valence-corrected chi connectivity index (χ1v) is 7.87. The van der Waals surface area contributed by atoms with E-state index in [9.17, 15) is 40.2 Å². The molecule has 148 valence electrons. The normalized spacial score (nSPS) is 23.7. The number of aliphatic carboxylic acids is 1. The van der Waals surface area contributed by atoms with Gasteiger partial charge < -0.3 is 40.1 Å². The number of phenolic OH excluding ortho intramolecular Hbond substituents is 4. The Kier molecular flexibility index (Phi) is 4.33. The number of ketones is 1. The highest BCUT2D eigenvalue weighted by molar-refractivity contribution is 6.10. The highest BCUT2D eigenvalue weighted by atomic mass is 16.7. The maximum atomic E-state index is 13.1. The van der Waals surface area contributed by atoms with Crippen LogP contribution in [0.15, 0.2) is 30.3 Å². The number of rotatable bonds is 4. The highest BCUT2D eigenvalue weighted by Gasteiger charge is 2.65. The molecule has 1 aliphatic rings. The summed E-state index contributed by atoms with van der Waals surface area (Å²) in [4.78, 5) is 24.5. The molecule has 0 aromatic heterocycles. The molecule has 0 spiro atoms. The van der Waals surface area contributed by atoms with E-state index in [2.05, 4.69) is 0 Å². The number of carboxylic acid groups (broad SMARTS) is 1. The molecule has 0 saturated heterocycles. The number of aliphatic hydroxyl groups is 1. The fraction of sp³-hybridized carbons (Fsp3) is 0.222. The second-order valence-corrected chi connectivity index (χ2v) is 6.22. The topological polar surface area (TPSA) is 174 Å². The Labute approximate surface area is 157 Å². The molecule has 2 aromatic carbocycles. The zero-order valence-corrected chi connectivity index (χ0v) is 14.4. The van der Waals surface area contributed by atoms with E-state index in [-0.39, 0.29) is 11.3 Å². The van der Waals surface area contributed by atoms with E-state index in [1.165, 1.54) is 0 Å². The third-order valence-electron chi connectivity index (χ3n) is 4.52. The lowest BCUT2D eigenvalue weighted by Crippen LogP contribution is -2.64. The molecule has 0 radical (unpaired) electrons. The monoisotopic (exact) mass is 392 g/mol. The molecule has 0 saturated carbocycles. The lowest BCUT2D eigenvalue weighted by Gasteiger charge is -2.47. The Balaban J connectivity index is 2.36. The molecule has 28 heavy (non-hydrogen) atoms. The number of carbonyl (C=O) groups excluding carboxylic acids is 1. The van der Waals surface area contributed by atoms with Gasteiger partial charge in [0, 0.05) is 24.8 Å². The number of ether oxygens (including phenoxy) is 2.